The quantitative estimate of drug-likeness (QED) is 0.677. The van der Waals surface area contributed by atoms with Crippen molar-refractivity contribution < 1.29 is 72.6 Å². The first-order valence-electron chi connectivity index (χ1n) is 3.28. The van der Waals surface area contributed by atoms with Crippen molar-refractivity contribution in [2.45, 2.75) is 0 Å². The molecule has 0 aliphatic carbocycles. The third-order valence-corrected chi connectivity index (χ3v) is 1.71. The van der Waals surface area contributed by atoms with Gasteiger partial charge in [0, 0.05) is 0 Å². The summed E-state index contributed by atoms with van der Waals surface area (Å²) in [4.78, 5) is 0. The Labute approximate surface area is 128 Å². The van der Waals surface area contributed by atoms with Crippen molar-refractivity contribution in [1.82, 2.24) is 0 Å². The standard InChI is InChI=1S/C8H8O3S.Rb.H/c9-12(10,11)7-6-8-4-2-1-3-5-8;;/h1-7H,(H,9,10,11);;/q;+1;-1. The monoisotopic (exact) mass is 270 g/mol. The Morgan fingerprint density at radius 1 is 1.23 bits per heavy atom. The van der Waals surface area contributed by atoms with Gasteiger partial charge in [-0.1, -0.05) is 30.3 Å². The van der Waals surface area contributed by atoms with Gasteiger partial charge in [0.1, 0.15) is 0 Å². The molecule has 0 amide bonds. The van der Waals surface area contributed by atoms with Crippen LogP contribution in [0.2, 0.25) is 0 Å². The molecular weight excluding hydrogens is 262 g/mol. The molecular formula is C8H9O3RbS. The molecule has 0 radical (unpaired) electrons. The van der Waals surface area contributed by atoms with E-state index in [1.165, 1.54) is 6.08 Å². The Kier molecular flexibility index (Phi) is 6.54. The Morgan fingerprint density at radius 2 is 1.77 bits per heavy atom. The van der Waals surface area contributed by atoms with Crippen LogP contribution in [0.5, 0.6) is 0 Å². The first-order valence-corrected chi connectivity index (χ1v) is 4.79. The molecule has 5 heteroatoms. The van der Waals surface area contributed by atoms with Gasteiger partial charge in [-0.2, -0.15) is 8.42 Å². The van der Waals surface area contributed by atoms with Gasteiger partial charge in [0.15, 0.2) is 0 Å². The maximum atomic E-state index is 10.3. The van der Waals surface area contributed by atoms with Gasteiger partial charge in [0.2, 0.25) is 0 Å². The molecule has 1 aromatic carbocycles. The fourth-order valence-corrected chi connectivity index (χ4v) is 1.06. The Bertz CT molecular complexity index is 375. The van der Waals surface area contributed by atoms with Crippen molar-refractivity contribution in [3.8, 4) is 0 Å². The summed E-state index contributed by atoms with van der Waals surface area (Å²) in [5.74, 6) is 0. The summed E-state index contributed by atoms with van der Waals surface area (Å²) in [6, 6.07) is 8.86. The van der Waals surface area contributed by atoms with Crippen LogP contribution in [0.25, 0.3) is 6.08 Å². The zero-order chi connectivity index (χ0) is 9.03. The minimum absolute atomic E-state index is 0. The average molecular weight is 271 g/mol. The summed E-state index contributed by atoms with van der Waals surface area (Å²) in [5, 5.41) is 0.752. The van der Waals surface area contributed by atoms with E-state index in [1.807, 2.05) is 6.07 Å². The minimum atomic E-state index is -4.00. The normalized spacial score (nSPS) is 11.2. The molecule has 0 fully saturated rings. The predicted molar refractivity (Wildman–Crippen MR) is 48.1 cm³/mol. The molecule has 13 heavy (non-hydrogen) atoms. The SMILES string of the molecule is O=S(=O)(O)C=Cc1ccccc1.[H-].[Rb+]. The first kappa shape index (κ1) is 13.7. The first-order chi connectivity index (χ1) is 5.58. The van der Waals surface area contributed by atoms with Crippen LogP contribution in [0, 0.1) is 0 Å². The number of benzene rings is 1. The summed E-state index contributed by atoms with van der Waals surface area (Å²) in [6.07, 6.45) is 1.33. The van der Waals surface area contributed by atoms with Gasteiger partial charge in [0.05, 0.1) is 5.41 Å². The molecule has 0 aliphatic rings. The van der Waals surface area contributed by atoms with Crippen LogP contribution in [-0.2, 0) is 10.1 Å². The summed E-state index contributed by atoms with van der Waals surface area (Å²) >= 11 is 0. The van der Waals surface area contributed by atoms with E-state index in [1.54, 1.807) is 24.3 Å². The molecule has 1 rings (SSSR count). The molecule has 0 atom stereocenters. The van der Waals surface area contributed by atoms with Crippen LogP contribution >= 0.6 is 0 Å². The molecule has 0 spiro atoms. The van der Waals surface area contributed by atoms with E-state index in [-0.39, 0.29) is 59.6 Å². The molecule has 0 unspecified atom stereocenters. The number of hydrogen-bond donors (Lipinski definition) is 1. The molecule has 0 saturated heterocycles. The van der Waals surface area contributed by atoms with Crippen molar-refractivity contribution in [3.63, 3.8) is 0 Å². The molecule has 1 N–H and O–H groups in total. The molecule has 1 aromatic rings. The molecule has 0 saturated carbocycles. The van der Waals surface area contributed by atoms with Gasteiger partial charge in [-0.3, -0.25) is 4.55 Å². The van der Waals surface area contributed by atoms with E-state index < -0.39 is 10.1 Å². The Balaban J connectivity index is 0. The minimum Gasteiger partial charge on any atom is -1.00 e. The largest absolute Gasteiger partial charge is 1.00 e. The second-order valence-electron chi connectivity index (χ2n) is 2.23. The molecule has 0 aliphatic heterocycles. The maximum Gasteiger partial charge on any atom is 1.00 e. The van der Waals surface area contributed by atoms with Gasteiger partial charge < -0.3 is 1.43 Å². The van der Waals surface area contributed by atoms with E-state index in [9.17, 15) is 8.42 Å². The predicted octanol–water partition coefficient (Wildman–Crippen LogP) is -1.34. The Morgan fingerprint density at radius 3 is 2.23 bits per heavy atom. The summed E-state index contributed by atoms with van der Waals surface area (Å²) in [7, 11) is -4.00. The van der Waals surface area contributed by atoms with E-state index >= 15 is 0 Å². The van der Waals surface area contributed by atoms with Gasteiger partial charge in [-0.05, 0) is 11.6 Å². The van der Waals surface area contributed by atoms with E-state index in [2.05, 4.69) is 0 Å². The fraction of sp³-hybridized carbons (Fsp3) is 0. The van der Waals surface area contributed by atoms with Crippen LogP contribution in [0.4, 0.5) is 0 Å². The van der Waals surface area contributed by atoms with Crippen molar-refractivity contribution in [2.75, 3.05) is 0 Å². The second kappa shape index (κ2) is 6.21. The summed E-state index contributed by atoms with van der Waals surface area (Å²) < 4.78 is 28.9. The van der Waals surface area contributed by atoms with Gasteiger partial charge >= 0.3 is 58.2 Å². The summed E-state index contributed by atoms with van der Waals surface area (Å²) in [5.41, 5.74) is 0.732. The second-order valence-corrected chi connectivity index (χ2v) is 3.53. The average Bonchev–Trinajstić information content (AvgIpc) is 2.02. The zero-order valence-electron chi connectivity index (χ0n) is 8.21. The van der Waals surface area contributed by atoms with E-state index in [4.69, 9.17) is 4.55 Å². The Hall–Kier alpha value is 0.675. The molecule has 3 nitrogen and oxygen atoms in total. The van der Waals surface area contributed by atoms with Crippen LogP contribution in [0.15, 0.2) is 35.7 Å². The van der Waals surface area contributed by atoms with Gasteiger partial charge in [0.25, 0.3) is 10.1 Å². The van der Waals surface area contributed by atoms with Gasteiger partial charge in [-0.15, -0.1) is 0 Å². The van der Waals surface area contributed by atoms with Crippen molar-refractivity contribution in [2.24, 2.45) is 0 Å². The number of hydrogen-bond acceptors (Lipinski definition) is 2. The van der Waals surface area contributed by atoms with E-state index in [0.717, 1.165) is 11.0 Å². The number of rotatable bonds is 2. The van der Waals surface area contributed by atoms with Crippen molar-refractivity contribution >= 4 is 16.2 Å². The van der Waals surface area contributed by atoms with Crippen LogP contribution in [-0.4, -0.2) is 13.0 Å². The summed E-state index contributed by atoms with van der Waals surface area (Å²) in [6.45, 7) is 0. The fourth-order valence-electron chi connectivity index (χ4n) is 0.729. The van der Waals surface area contributed by atoms with Crippen LogP contribution in [0.1, 0.15) is 6.99 Å². The molecule has 0 heterocycles. The van der Waals surface area contributed by atoms with Crippen molar-refractivity contribution in [3.05, 3.63) is 41.3 Å². The third-order valence-electron chi connectivity index (χ3n) is 1.23. The third kappa shape index (κ3) is 6.71. The van der Waals surface area contributed by atoms with Gasteiger partial charge in [-0.25, -0.2) is 0 Å². The molecule has 0 bridgehead atoms. The molecule has 66 valence electrons. The zero-order valence-corrected chi connectivity index (χ0v) is 12.9. The topological polar surface area (TPSA) is 54.4 Å². The van der Waals surface area contributed by atoms with E-state index in [0.29, 0.717) is 0 Å². The smallest absolute Gasteiger partial charge is 1.00 e. The van der Waals surface area contributed by atoms with Crippen LogP contribution in [0.3, 0.4) is 0 Å². The van der Waals surface area contributed by atoms with Crippen LogP contribution < -0.4 is 58.2 Å². The van der Waals surface area contributed by atoms with Crippen molar-refractivity contribution in [1.29, 1.82) is 0 Å². The molecule has 0 aromatic heterocycles. The maximum absolute atomic E-state index is 10.3.